The number of carbonyl (C=O) groups excluding carboxylic acids is 1. The normalized spacial score (nSPS) is 12.2. The van der Waals surface area contributed by atoms with Gasteiger partial charge in [0.15, 0.2) is 0 Å². The molecule has 0 aliphatic heterocycles. The standard InChI is InChI=1S/C20H28N2O2S2/c1-4-22(5-2)19(16-11-12-25-14-16)13-21-20(23)15-26-18-9-7-17(8-10-18)24-6-3/h7-12,14,19H,4-6,13,15H2,1-3H3,(H,21,23). The quantitative estimate of drug-likeness (QED) is 0.574. The minimum atomic E-state index is 0.0660. The van der Waals surface area contributed by atoms with Crippen LogP contribution in [0.2, 0.25) is 0 Å². The number of benzene rings is 1. The molecular weight excluding hydrogens is 364 g/mol. The average molecular weight is 393 g/mol. The Morgan fingerprint density at radius 1 is 1.19 bits per heavy atom. The van der Waals surface area contributed by atoms with Crippen LogP contribution in [-0.2, 0) is 4.79 Å². The first-order valence-electron chi connectivity index (χ1n) is 9.06. The van der Waals surface area contributed by atoms with Crippen molar-refractivity contribution in [2.24, 2.45) is 0 Å². The van der Waals surface area contributed by atoms with E-state index < -0.39 is 0 Å². The summed E-state index contributed by atoms with van der Waals surface area (Å²) >= 11 is 3.24. The minimum Gasteiger partial charge on any atom is -0.494 e. The lowest BCUT2D eigenvalue weighted by Gasteiger charge is -2.29. The summed E-state index contributed by atoms with van der Waals surface area (Å²) in [5, 5.41) is 7.36. The van der Waals surface area contributed by atoms with E-state index in [0.29, 0.717) is 18.9 Å². The molecular formula is C20H28N2O2S2. The van der Waals surface area contributed by atoms with Crippen molar-refractivity contribution < 1.29 is 9.53 Å². The molecule has 142 valence electrons. The van der Waals surface area contributed by atoms with Crippen LogP contribution in [0.5, 0.6) is 5.75 Å². The maximum Gasteiger partial charge on any atom is 0.230 e. The molecule has 4 nitrogen and oxygen atoms in total. The highest BCUT2D eigenvalue weighted by molar-refractivity contribution is 8.00. The fourth-order valence-electron chi connectivity index (χ4n) is 2.80. The molecule has 2 aromatic rings. The molecule has 0 fully saturated rings. The van der Waals surface area contributed by atoms with Gasteiger partial charge in [0.2, 0.25) is 5.91 Å². The van der Waals surface area contributed by atoms with Gasteiger partial charge in [0, 0.05) is 11.4 Å². The van der Waals surface area contributed by atoms with E-state index in [1.54, 1.807) is 23.1 Å². The molecule has 0 bridgehead atoms. The van der Waals surface area contributed by atoms with Crippen molar-refractivity contribution in [2.75, 3.05) is 32.0 Å². The van der Waals surface area contributed by atoms with E-state index in [4.69, 9.17) is 4.74 Å². The first-order chi connectivity index (χ1) is 12.7. The number of thiophene rings is 1. The van der Waals surface area contributed by atoms with Crippen molar-refractivity contribution in [3.63, 3.8) is 0 Å². The molecule has 1 aromatic carbocycles. The van der Waals surface area contributed by atoms with Gasteiger partial charge in [-0.05, 0) is 66.7 Å². The van der Waals surface area contributed by atoms with Gasteiger partial charge < -0.3 is 10.1 Å². The molecule has 26 heavy (non-hydrogen) atoms. The molecule has 0 spiro atoms. The number of thioether (sulfide) groups is 1. The summed E-state index contributed by atoms with van der Waals surface area (Å²) < 4.78 is 5.44. The van der Waals surface area contributed by atoms with Crippen LogP contribution >= 0.6 is 23.1 Å². The summed E-state index contributed by atoms with van der Waals surface area (Å²) in [6.07, 6.45) is 0. The molecule has 1 heterocycles. The average Bonchev–Trinajstić information content (AvgIpc) is 3.19. The molecule has 0 radical (unpaired) electrons. The van der Waals surface area contributed by atoms with Crippen LogP contribution in [0.3, 0.4) is 0 Å². The summed E-state index contributed by atoms with van der Waals surface area (Å²) in [6.45, 7) is 9.52. The summed E-state index contributed by atoms with van der Waals surface area (Å²) in [5.74, 6) is 1.35. The van der Waals surface area contributed by atoms with E-state index in [-0.39, 0.29) is 11.9 Å². The monoisotopic (exact) mass is 392 g/mol. The maximum atomic E-state index is 12.3. The molecule has 1 atom stereocenters. The Balaban J connectivity index is 1.84. The van der Waals surface area contributed by atoms with Crippen LogP contribution in [0.15, 0.2) is 46.0 Å². The molecule has 0 saturated heterocycles. The number of likely N-dealkylation sites (N-methyl/N-ethyl adjacent to an activating group) is 1. The SMILES string of the molecule is CCOc1ccc(SCC(=O)NCC(c2ccsc2)N(CC)CC)cc1. The van der Waals surface area contributed by atoms with E-state index in [2.05, 4.69) is 40.9 Å². The van der Waals surface area contributed by atoms with E-state index in [1.165, 1.54) is 5.56 Å². The number of nitrogens with zero attached hydrogens (tertiary/aromatic N) is 1. The highest BCUT2D eigenvalue weighted by atomic mass is 32.2. The number of ether oxygens (including phenoxy) is 1. The zero-order valence-corrected chi connectivity index (χ0v) is 17.4. The van der Waals surface area contributed by atoms with Gasteiger partial charge in [0.1, 0.15) is 5.75 Å². The first-order valence-corrected chi connectivity index (χ1v) is 11.0. The molecule has 1 amide bonds. The van der Waals surface area contributed by atoms with Crippen molar-refractivity contribution in [3.05, 3.63) is 46.7 Å². The molecule has 0 aliphatic rings. The first kappa shape index (κ1) is 20.8. The Hall–Kier alpha value is -1.50. The van der Waals surface area contributed by atoms with Crippen molar-refractivity contribution in [1.29, 1.82) is 0 Å². The van der Waals surface area contributed by atoms with Gasteiger partial charge in [-0.3, -0.25) is 9.69 Å². The van der Waals surface area contributed by atoms with Gasteiger partial charge in [0.25, 0.3) is 0 Å². The van der Waals surface area contributed by atoms with Gasteiger partial charge in [-0.2, -0.15) is 11.3 Å². The summed E-state index contributed by atoms with van der Waals surface area (Å²) in [4.78, 5) is 15.7. The summed E-state index contributed by atoms with van der Waals surface area (Å²) in [5.41, 5.74) is 1.28. The Bertz CT molecular complexity index is 640. The lowest BCUT2D eigenvalue weighted by molar-refractivity contribution is -0.118. The fourth-order valence-corrected chi connectivity index (χ4v) is 4.23. The predicted octanol–water partition coefficient (Wildman–Crippen LogP) is 4.44. The van der Waals surface area contributed by atoms with Gasteiger partial charge in [0.05, 0.1) is 18.4 Å². The summed E-state index contributed by atoms with van der Waals surface area (Å²) in [6, 6.07) is 10.2. The Morgan fingerprint density at radius 3 is 2.50 bits per heavy atom. The maximum absolute atomic E-state index is 12.3. The van der Waals surface area contributed by atoms with Crippen LogP contribution in [0.25, 0.3) is 0 Å². The second-order valence-corrected chi connectivity index (χ2v) is 7.62. The molecule has 1 unspecified atom stereocenters. The minimum absolute atomic E-state index is 0.0660. The molecule has 6 heteroatoms. The van der Waals surface area contributed by atoms with E-state index in [9.17, 15) is 4.79 Å². The van der Waals surface area contributed by atoms with E-state index in [0.717, 1.165) is 23.7 Å². The van der Waals surface area contributed by atoms with Gasteiger partial charge in [-0.1, -0.05) is 13.8 Å². The predicted molar refractivity (Wildman–Crippen MR) is 111 cm³/mol. The highest BCUT2D eigenvalue weighted by Gasteiger charge is 2.19. The van der Waals surface area contributed by atoms with Gasteiger partial charge >= 0.3 is 0 Å². The third kappa shape index (κ3) is 6.34. The van der Waals surface area contributed by atoms with E-state index in [1.807, 2.05) is 31.2 Å². The molecule has 0 aliphatic carbocycles. The summed E-state index contributed by atoms with van der Waals surface area (Å²) in [7, 11) is 0. The number of hydrogen-bond donors (Lipinski definition) is 1. The van der Waals surface area contributed by atoms with Crippen molar-refractivity contribution in [2.45, 2.75) is 31.7 Å². The van der Waals surface area contributed by atoms with Crippen LogP contribution < -0.4 is 10.1 Å². The number of carbonyl (C=O) groups is 1. The molecule has 0 saturated carbocycles. The molecule has 1 aromatic heterocycles. The largest absolute Gasteiger partial charge is 0.494 e. The number of nitrogens with one attached hydrogen (secondary N) is 1. The number of amides is 1. The van der Waals surface area contributed by atoms with Crippen LogP contribution in [0.1, 0.15) is 32.4 Å². The third-order valence-corrected chi connectivity index (χ3v) is 5.89. The Labute approximate surface area is 164 Å². The molecule has 2 rings (SSSR count). The lowest BCUT2D eigenvalue weighted by Crippen LogP contribution is -2.38. The fraction of sp³-hybridized carbons (Fsp3) is 0.450. The lowest BCUT2D eigenvalue weighted by atomic mass is 10.1. The van der Waals surface area contributed by atoms with Crippen LogP contribution in [0, 0.1) is 0 Å². The van der Waals surface area contributed by atoms with Crippen LogP contribution in [-0.4, -0.2) is 42.8 Å². The Kier molecular flexibility index (Phi) is 9.01. The van der Waals surface area contributed by atoms with Crippen molar-refractivity contribution in [1.82, 2.24) is 10.2 Å². The zero-order chi connectivity index (χ0) is 18.8. The van der Waals surface area contributed by atoms with Crippen LogP contribution in [0.4, 0.5) is 0 Å². The van der Waals surface area contributed by atoms with Crippen molar-refractivity contribution >= 4 is 29.0 Å². The van der Waals surface area contributed by atoms with Gasteiger partial charge in [-0.25, -0.2) is 0 Å². The van der Waals surface area contributed by atoms with E-state index >= 15 is 0 Å². The highest BCUT2D eigenvalue weighted by Crippen LogP contribution is 2.23. The van der Waals surface area contributed by atoms with Gasteiger partial charge in [-0.15, -0.1) is 11.8 Å². The number of rotatable bonds is 11. The topological polar surface area (TPSA) is 41.6 Å². The number of hydrogen-bond acceptors (Lipinski definition) is 5. The zero-order valence-electron chi connectivity index (χ0n) is 15.7. The second-order valence-electron chi connectivity index (χ2n) is 5.79. The molecule has 1 N–H and O–H groups in total. The Morgan fingerprint density at radius 2 is 1.92 bits per heavy atom. The smallest absolute Gasteiger partial charge is 0.230 e. The third-order valence-electron chi connectivity index (χ3n) is 4.18. The van der Waals surface area contributed by atoms with Crippen molar-refractivity contribution in [3.8, 4) is 5.75 Å². The second kappa shape index (κ2) is 11.3.